The van der Waals surface area contributed by atoms with Gasteiger partial charge in [0.15, 0.2) is 5.75 Å². The zero-order valence-electron chi connectivity index (χ0n) is 13.9. The number of allylic oxidation sites excluding steroid dienone is 3. The van der Waals surface area contributed by atoms with Crippen molar-refractivity contribution in [2.24, 2.45) is 0 Å². The van der Waals surface area contributed by atoms with Crippen LogP contribution < -0.4 is 10.1 Å². The first kappa shape index (κ1) is 19.2. The van der Waals surface area contributed by atoms with Crippen LogP contribution in [-0.2, 0) is 0 Å². The maximum atomic E-state index is 11.2. The molecule has 23 heavy (non-hydrogen) atoms. The monoisotopic (exact) mass is 335 g/mol. The Morgan fingerprint density at radius 2 is 2.13 bits per heavy atom. The molecular formula is C18H25NO3S. The summed E-state index contributed by atoms with van der Waals surface area (Å²) in [6.45, 7) is 6.80. The highest BCUT2D eigenvalue weighted by atomic mass is 32.1. The van der Waals surface area contributed by atoms with Crippen molar-refractivity contribution in [2.75, 3.05) is 11.9 Å². The van der Waals surface area contributed by atoms with Crippen LogP contribution >= 0.6 is 12.6 Å². The Hall–Kier alpha value is -1.88. The second-order valence-electron chi connectivity index (χ2n) is 5.07. The lowest BCUT2D eigenvalue weighted by atomic mass is 10.1. The molecule has 1 aromatic rings. The van der Waals surface area contributed by atoms with Crippen molar-refractivity contribution in [1.82, 2.24) is 0 Å². The van der Waals surface area contributed by atoms with Crippen LogP contribution in [0.25, 0.3) is 0 Å². The highest BCUT2D eigenvalue weighted by Crippen LogP contribution is 2.35. The van der Waals surface area contributed by atoms with Crippen LogP contribution in [0, 0.1) is 0 Å². The fourth-order valence-electron chi connectivity index (χ4n) is 2.00. The molecule has 5 heteroatoms. The Morgan fingerprint density at radius 3 is 2.70 bits per heavy atom. The van der Waals surface area contributed by atoms with E-state index in [4.69, 9.17) is 4.74 Å². The minimum Gasteiger partial charge on any atom is -0.478 e. The van der Waals surface area contributed by atoms with E-state index in [1.807, 2.05) is 32.1 Å². The van der Waals surface area contributed by atoms with Crippen molar-refractivity contribution in [1.29, 1.82) is 0 Å². The molecule has 0 unspecified atom stereocenters. The molecule has 0 aliphatic heterocycles. The van der Waals surface area contributed by atoms with Gasteiger partial charge in [-0.1, -0.05) is 26.3 Å². The molecule has 0 bridgehead atoms. The van der Waals surface area contributed by atoms with Gasteiger partial charge in [-0.15, -0.1) is 12.6 Å². The van der Waals surface area contributed by atoms with Crippen LogP contribution in [0.5, 0.6) is 5.75 Å². The Bertz CT molecular complexity index is 594. The van der Waals surface area contributed by atoms with E-state index in [2.05, 4.69) is 24.9 Å². The van der Waals surface area contributed by atoms with Gasteiger partial charge in [0.05, 0.1) is 11.3 Å². The number of carboxylic acids is 1. The summed E-state index contributed by atoms with van der Waals surface area (Å²) in [5, 5.41) is 12.5. The summed E-state index contributed by atoms with van der Waals surface area (Å²) in [5.74, 6) is 0.280. The van der Waals surface area contributed by atoms with E-state index >= 15 is 0 Å². The predicted molar refractivity (Wildman–Crippen MR) is 97.9 cm³/mol. The minimum atomic E-state index is -0.983. The maximum absolute atomic E-state index is 11.2. The molecule has 0 spiro atoms. The second kappa shape index (κ2) is 10.0. The molecule has 0 aliphatic rings. The van der Waals surface area contributed by atoms with Gasteiger partial charge in [0.25, 0.3) is 0 Å². The number of carbonyl (C=O) groups is 1. The molecule has 0 heterocycles. The normalized spacial score (nSPS) is 11.7. The zero-order valence-corrected chi connectivity index (χ0v) is 14.8. The van der Waals surface area contributed by atoms with Gasteiger partial charge in [0.2, 0.25) is 0 Å². The first-order valence-corrected chi connectivity index (χ1v) is 8.33. The third-order valence-corrected chi connectivity index (χ3v) is 3.45. The van der Waals surface area contributed by atoms with Crippen molar-refractivity contribution < 1.29 is 14.6 Å². The lowest BCUT2D eigenvalue weighted by molar-refractivity contribution is 0.0696. The van der Waals surface area contributed by atoms with Crippen LogP contribution in [0.3, 0.4) is 0 Å². The summed E-state index contributed by atoms with van der Waals surface area (Å²) in [7, 11) is 0. The molecular weight excluding hydrogens is 310 g/mol. The number of hydrogen-bond acceptors (Lipinski definition) is 4. The number of anilines is 1. The fourth-order valence-corrected chi connectivity index (χ4v) is 2.31. The average Bonchev–Trinajstić information content (AvgIpc) is 2.50. The minimum absolute atomic E-state index is 0.188. The quantitative estimate of drug-likeness (QED) is 0.253. The largest absolute Gasteiger partial charge is 0.478 e. The van der Waals surface area contributed by atoms with Crippen LogP contribution in [0.15, 0.2) is 41.0 Å². The van der Waals surface area contributed by atoms with Gasteiger partial charge in [-0.25, -0.2) is 4.79 Å². The van der Waals surface area contributed by atoms with Crippen molar-refractivity contribution in [3.63, 3.8) is 0 Å². The summed E-state index contributed by atoms with van der Waals surface area (Å²) < 4.78 is 5.97. The molecule has 1 aromatic carbocycles. The van der Waals surface area contributed by atoms with Crippen LogP contribution in [0.4, 0.5) is 5.69 Å². The van der Waals surface area contributed by atoms with Crippen LogP contribution in [0.1, 0.15) is 50.4 Å². The average molecular weight is 335 g/mol. The highest BCUT2D eigenvalue weighted by Gasteiger charge is 2.15. The van der Waals surface area contributed by atoms with Gasteiger partial charge in [-0.3, -0.25) is 0 Å². The first-order valence-electron chi connectivity index (χ1n) is 7.88. The molecule has 126 valence electrons. The molecule has 0 amide bonds. The molecule has 0 fully saturated rings. The van der Waals surface area contributed by atoms with E-state index in [0.29, 0.717) is 22.1 Å². The summed E-state index contributed by atoms with van der Waals surface area (Å²) in [6, 6.07) is 3.09. The smallest absolute Gasteiger partial charge is 0.335 e. The molecule has 0 radical (unpaired) electrons. The zero-order chi connectivity index (χ0) is 17.2. The number of rotatable bonds is 9. The number of nitrogens with one attached hydrogen (secondary N) is 1. The summed E-state index contributed by atoms with van der Waals surface area (Å²) in [6.07, 6.45) is 8.62. The number of unbranched alkanes of at least 4 members (excludes halogenated alkanes) is 1. The summed E-state index contributed by atoms with van der Waals surface area (Å²) in [4.78, 5) is 11.7. The molecule has 2 N–H and O–H groups in total. The topological polar surface area (TPSA) is 58.6 Å². The lowest BCUT2D eigenvalue weighted by Crippen LogP contribution is -2.07. The predicted octanol–water partition coefficient (Wildman–Crippen LogP) is 5.13. The van der Waals surface area contributed by atoms with Gasteiger partial charge < -0.3 is 15.2 Å². The van der Waals surface area contributed by atoms with Crippen LogP contribution in [0.2, 0.25) is 0 Å². The molecule has 4 nitrogen and oxygen atoms in total. The number of carboxylic acid groups (broad SMARTS) is 1. The molecule has 0 aromatic heterocycles. The number of ether oxygens (including phenoxy) is 1. The summed E-state index contributed by atoms with van der Waals surface area (Å²) >= 11 is 4.41. The van der Waals surface area contributed by atoms with Crippen molar-refractivity contribution in [3.8, 4) is 5.75 Å². The molecule has 0 saturated carbocycles. The Morgan fingerprint density at radius 1 is 1.39 bits per heavy atom. The van der Waals surface area contributed by atoms with Gasteiger partial charge >= 0.3 is 5.97 Å². The number of aromatic carboxylic acids is 1. The Labute approximate surface area is 143 Å². The summed E-state index contributed by atoms with van der Waals surface area (Å²) in [5.41, 5.74) is 0.836. The van der Waals surface area contributed by atoms with Gasteiger partial charge in [0, 0.05) is 11.4 Å². The Kier molecular flexibility index (Phi) is 8.33. The number of benzene rings is 1. The second-order valence-corrected chi connectivity index (χ2v) is 5.56. The standard InChI is InChI=1S/C18H25NO3S/c1-4-7-10-19-15-11-13(18(20)21)12-16(23)17(15)22-14(8-5-2)9-6-3/h5,8-9,11-12,19,23H,4,6-7,10H2,1-3H3,(H,20,21)/b8-5-,14-9+. The van der Waals surface area contributed by atoms with Crippen molar-refractivity contribution in [3.05, 3.63) is 41.7 Å². The Balaban J connectivity index is 3.21. The van der Waals surface area contributed by atoms with E-state index in [9.17, 15) is 9.90 Å². The van der Waals surface area contributed by atoms with E-state index in [1.165, 1.54) is 6.07 Å². The third kappa shape index (κ3) is 6.02. The molecule has 0 saturated heterocycles. The number of thiol groups is 1. The van der Waals surface area contributed by atoms with E-state index in [1.54, 1.807) is 6.07 Å². The number of hydrogen-bond donors (Lipinski definition) is 3. The fraction of sp³-hybridized carbons (Fsp3) is 0.389. The third-order valence-electron chi connectivity index (χ3n) is 3.12. The maximum Gasteiger partial charge on any atom is 0.335 e. The van der Waals surface area contributed by atoms with E-state index in [0.717, 1.165) is 25.8 Å². The van der Waals surface area contributed by atoms with Crippen molar-refractivity contribution in [2.45, 2.75) is 44.9 Å². The van der Waals surface area contributed by atoms with E-state index < -0.39 is 5.97 Å². The van der Waals surface area contributed by atoms with Gasteiger partial charge in [-0.05, 0) is 44.1 Å². The molecule has 1 rings (SSSR count). The molecule has 0 aliphatic carbocycles. The first-order chi connectivity index (χ1) is 11.0. The molecule has 0 atom stereocenters. The van der Waals surface area contributed by atoms with Gasteiger partial charge in [0.1, 0.15) is 5.76 Å². The van der Waals surface area contributed by atoms with Crippen LogP contribution in [-0.4, -0.2) is 17.6 Å². The van der Waals surface area contributed by atoms with Crippen molar-refractivity contribution >= 4 is 24.3 Å². The SMILES string of the molecule is C/C=C\C(=C/CC)Oc1c(S)cc(C(=O)O)cc1NCCCC. The highest BCUT2D eigenvalue weighted by molar-refractivity contribution is 7.80. The van der Waals surface area contributed by atoms with Gasteiger partial charge in [-0.2, -0.15) is 0 Å². The van der Waals surface area contributed by atoms with E-state index in [-0.39, 0.29) is 5.56 Å². The lowest BCUT2D eigenvalue weighted by Gasteiger charge is -2.16.